The Hall–Kier alpha value is -1.98. The lowest BCUT2D eigenvalue weighted by Crippen LogP contribution is -2.30. The SMILES string of the molecule is COc1cc(C2NCCc3c2[nH]c2ccc(Br)cc32)ccc1OCC(C)C. The molecule has 2 aromatic carbocycles. The fourth-order valence-corrected chi connectivity index (χ4v) is 4.09. The molecule has 1 aliphatic heterocycles. The van der Waals surface area contributed by atoms with Gasteiger partial charge in [0, 0.05) is 27.6 Å². The van der Waals surface area contributed by atoms with Gasteiger partial charge in [-0.25, -0.2) is 0 Å². The van der Waals surface area contributed by atoms with Gasteiger partial charge in [0.2, 0.25) is 0 Å². The van der Waals surface area contributed by atoms with Crippen molar-refractivity contribution in [2.75, 3.05) is 20.3 Å². The van der Waals surface area contributed by atoms with Crippen molar-refractivity contribution in [3.05, 3.63) is 57.7 Å². The molecule has 1 aromatic heterocycles. The van der Waals surface area contributed by atoms with Crippen LogP contribution in [0.15, 0.2) is 40.9 Å². The number of aromatic amines is 1. The summed E-state index contributed by atoms with van der Waals surface area (Å²) >= 11 is 3.60. The lowest BCUT2D eigenvalue weighted by atomic mass is 9.94. The van der Waals surface area contributed by atoms with Crippen molar-refractivity contribution in [3.8, 4) is 11.5 Å². The first-order valence-electron chi connectivity index (χ1n) is 9.41. The van der Waals surface area contributed by atoms with E-state index >= 15 is 0 Å². The van der Waals surface area contributed by atoms with Crippen LogP contribution in [0.5, 0.6) is 11.5 Å². The van der Waals surface area contributed by atoms with E-state index in [0.29, 0.717) is 12.5 Å². The minimum Gasteiger partial charge on any atom is -0.493 e. The molecule has 1 aliphatic rings. The summed E-state index contributed by atoms with van der Waals surface area (Å²) in [7, 11) is 1.70. The van der Waals surface area contributed by atoms with Gasteiger partial charge in [0.25, 0.3) is 0 Å². The first-order valence-corrected chi connectivity index (χ1v) is 10.2. The lowest BCUT2D eigenvalue weighted by molar-refractivity contribution is 0.256. The van der Waals surface area contributed by atoms with Crippen LogP contribution in [0.25, 0.3) is 10.9 Å². The standard InChI is InChI=1S/C22H25BrN2O2/c1-13(2)12-27-19-7-4-14(10-20(19)26-3)21-22-16(8-9-24-21)17-11-15(23)5-6-18(17)25-22/h4-7,10-11,13,21,24-25H,8-9,12H2,1-3H3. The highest BCUT2D eigenvalue weighted by atomic mass is 79.9. The molecule has 0 radical (unpaired) electrons. The average Bonchev–Trinajstić information content (AvgIpc) is 3.04. The Morgan fingerprint density at radius 2 is 2.00 bits per heavy atom. The van der Waals surface area contributed by atoms with Gasteiger partial charge in [0.05, 0.1) is 19.8 Å². The van der Waals surface area contributed by atoms with Gasteiger partial charge in [-0.15, -0.1) is 0 Å². The lowest BCUT2D eigenvalue weighted by Gasteiger charge is -2.25. The van der Waals surface area contributed by atoms with Crippen LogP contribution >= 0.6 is 15.9 Å². The monoisotopic (exact) mass is 428 g/mol. The highest BCUT2D eigenvalue weighted by Crippen LogP contribution is 2.37. The third-order valence-electron chi connectivity index (χ3n) is 5.01. The highest BCUT2D eigenvalue weighted by Gasteiger charge is 2.26. The molecular formula is C22H25BrN2O2. The number of halogens is 1. The zero-order valence-electron chi connectivity index (χ0n) is 15.9. The van der Waals surface area contributed by atoms with Crippen LogP contribution in [0, 0.1) is 5.92 Å². The maximum Gasteiger partial charge on any atom is 0.161 e. The zero-order chi connectivity index (χ0) is 19.0. The summed E-state index contributed by atoms with van der Waals surface area (Å²) in [4.78, 5) is 3.63. The van der Waals surface area contributed by atoms with E-state index < -0.39 is 0 Å². The van der Waals surface area contributed by atoms with Crippen LogP contribution in [0.4, 0.5) is 0 Å². The van der Waals surface area contributed by atoms with Gasteiger partial charge in [-0.05, 0) is 53.8 Å². The molecule has 0 bridgehead atoms. The molecule has 142 valence electrons. The van der Waals surface area contributed by atoms with Crippen LogP contribution in [0.1, 0.15) is 36.7 Å². The molecule has 4 nitrogen and oxygen atoms in total. The van der Waals surface area contributed by atoms with E-state index in [4.69, 9.17) is 9.47 Å². The Labute approximate surface area is 168 Å². The molecule has 1 atom stereocenters. The van der Waals surface area contributed by atoms with Crippen molar-refractivity contribution >= 4 is 26.8 Å². The minimum atomic E-state index is 0.118. The Morgan fingerprint density at radius 1 is 1.15 bits per heavy atom. The van der Waals surface area contributed by atoms with Crippen molar-refractivity contribution in [3.63, 3.8) is 0 Å². The number of hydrogen-bond donors (Lipinski definition) is 2. The maximum atomic E-state index is 5.90. The van der Waals surface area contributed by atoms with E-state index in [1.807, 2.05) is 6.07 Å². The summed E-state index contributed by atoms with van der Waals surface area (Å²) in [5.74, 6) is 2.05. The number of nitrogens with one attached hydrogen (secondary N) is 2. The predicted molar refractivity (Wildman–Crippen MR) is 113 cm³/mol. The summed E-state index contributed by atoms with van der Waals surface area (Å²) in [5.41, 5.74) is 5.00. The van der Waals surface area contributed by atoms with Gasteiger partial charge in [-0.3, -0.25) is 0 Å². The normalized spacial score (nSPS) is 16.6. The van der Waals surface area contributed by atoms with Gasteiger partial charge < -0.3 is 19.8 Å². The van der Waals surface area contributed by atoms with Crippen molar-refractivity contribution in [2.24, 2.45) is 5.92 Å². The second-order valence-corrected chi connectivity index (χ2v) is 8.38. The van der Waals surface area contributed by atoms with E-state index in [-0.39, 0.29) is 6.04 Å². The topological polar surface area (TPSA) is 46.3 Å². The van der Waals surface area contributed by atoms with Gasteiger partial charge >= 0.3 is 0 Å². The number of H-pyrrole nitrogens is 1. The number of fused-ring (bicyclic) bond motifs is 3. The Kier molecular flexibility index (Phi) is 5.15. The minimum absolute atomic E-state index is 0.118. The molecule has 0 spiro atoms. The molecule has 0 amide bonds. The molecule has 2 N–H and O–H groups in total. The van der Waals surface area contributed by atoms with Gasteiger partial charge in [0.15, 0.2) is 11.5 Å². The van der Waals surface area contributed by atoms with Crippen LogP contribution in [-0.2, 0) is 6.42 Å². The summed E-state index contributed by atoms with van der Waals surface area (Å²) < 4.78 is 12.6. The van der Waals surface area contributed by atoms with Crippen molar-refractivity contribution in [1.29, 1.82) is 0 Å². The number of methoxy groups -OCH3 is 1. The third kappa shape index (κ3) is 3.58. The fraction of sp³-hybridized carbons (Fsp3) is 0.364. The Balaban J connectivity index is 1.71. The van der Waals surface area contributed by atoms with Crippen LogP contribution < -0.4 is 14.8 Å². The van der Waals surface area contributed by atoms with E-state index in [1.165, 1.54) is 27.7 Å². The van der Waals surface area contributed by atoms with E-state index in [1.54, 1.807) is 7.11 Å². The molecule has 0 fully saturated rings. The largest absolute Gasteiger partial charge is 0.493 e. The van der Waals surface area contributed by atoms with Crippen molar-refractivity contribution in [1.82, 2.24) is 10.3 Å². The van der Waals surface area contributed by atoms with Crippen LogP contribution in [0.3, 0.4) is 0 Å². The molecule has 5 heteroatoms. The zero-order valence-corrected chi connectivity index (χ0v) is 17.5. The summed E-state index contributed by atoms with van der Waals surface area (Å²) in [6, 6.07) is 12.8. The van der Waals surface area contributed by atoms with E-state index in [0.717, 1.165) is 28.9 Å². The Bertz CT molecular complexity index is 964. The Morgan fingerprint density at radius 3 is 2.78 bits per heavy atom. The number of aromatic nitrogens is 1. The first-order chi connectivity index (χ1) is 13.1. The smallest absolute Gasteiger partial charge is 0.161 e. The predicted octanol–water partition coefficient (Wildman–Crippen LogP) is 5.21. The first kappa shape index (κ1) is 18.4. The molecule has 27 heavy (non-hydrogen) atoms. The summed E-state index contributed by atoms with van der Waals surface area (Å²) in [6.45, 7) is 5.91. The fourth-order valence-electron chi connectivity index (χ4n) is 3.72. The molecule has 1 unspecified atom stereocenters. The van der Waals surface area contributed by atoms with Gasteiger partial charge in [-0.2, -0.15) is 0 Å². The van der Waals surface area contributed by atoms with Crippen LogP contribution in [0.2, 0.25) is 0 Å². The molecule has 2 heterocycles. The van der Waals surface area contributed by atoms with Crippen molar-refractivity contribution < 1.29 is 9.47 Å². The third-order valence-corrected chi connectivity index (χ3v) is 5.50. The van der Waals surface area contributed by atoms with Crippen LogP contribution in [-0.4, -0.2) is 25.2 Å². The highest BCUT2D eigenvalue weighted by molar-refractivity contribution is 9.10. The maximum absolute atomic E-state index is 5.90. The number of hydrogen-bond acceptors (Lipinski definition) is 3. The molecular weight excluding hydrogens is 404 g/mol. The molecule has 0 saturated heterocycles. The number of rotatable bonds is 5. The number of ether oxygens (including phenoxy) is 2. The van der Waals surface area contributed by atoms with E-state index in [2.05, 4.69) is 70.4 Å². The molecule has 0 saturated carbocycles. The van der Waals surface area contributed by atoms with E-state index in [9.17, 15) is 0 Å². The van der Waals surface area contributed by atoms with Gasteiger partial charge in [0.1, 0.15) is 0 Å². The molecule has 0 aliphatic carbocycles. The van der Waals surface area contributed by atoms with Gasteiger partial charge in [-0.1, -0.05) is 35.8 Å². The van der Waals surface area contributed by atoms with Crippen molar-refractivity contribution in [2.45, 2.75) is 26.3 Å². The average molecular weight is 429 g/mol. The quantitative estimate of drug-likeness (QED) is 0.586. The molecule has 4 rings (SSSR count). The number of benzene rings is 2. The second-order valence-electron chi connectivity index (χ2n) is 7.46. The molecule has 3 aromatic rings. The second kappa shape index (κ2) is 7.56. The summed E-state index contributed by atoms with van der Waals surface area (Å²) in [6.07, 6.45) is 1.02. The summed E-state index contributed by atoms with van der Waals surface area (Å²) in [5, 5.41) is 4.95.